The average Bonchev–Trinajstić information content (AvgIpc) is 3.50. The highest BCUT2D eigenvalue weighted by Gasteiger charge is 2.36. The molecule has 1 aliphatic rings. The molecule has 0 saturated carbocycles. The van der Waals surface area contributed by atoms with Gasteiger partial charge in [0.1, 0.15) is 11.2 Å². The molecule has 2 heterocycles. The summed E-state index contributed by atoms with van der Waals surface area (Å²) in [6.45, 7) is 4.65. The summed E-state index contributed by atoms with van der Waals surface area (Å²) in [4.78, 5) is 0. The monoisotopic (exact) mass is 483 g/mol. The maximum Gasteiger partial charge on any atom is 0.139 e. The number of fused-ring (bicyclic) bond motifs is 9. The Morgan fingerprint density at radius 1 is 0.639 bits per heavy atom. The Balaban J connectivity index is 1.49. The highest BCUT2D eigenvalue weighted by molar-refractivity contribution is 6.38. The van der Waals surface area contributed by atoms with Crippen LogP contribution in [0.5, 0.6) is 0 Å². The zero-order valence-electron chi connectivity index (χ0n) is 20.0. The van der Waals surface area contributed by atoms with Gasteiger partial charge in [-0.25, -0.2) is 0 Å². The van der Waals surface area contributed by atoms with Crippen molar-refractivity contribution < 1.29 is 4.42 Å². The molecule has 1 aliphatic carbocycles. The molecule has 36 heavy (non-hydrogen) atoms. The van der Waals surface area contributed by atoms with Crippen molar-refractivity contribution in [3.05, 3.63) is 113 Å². The molecule has 0 saturated heterocycles. The Kier molecular flexibility index (Phi) is 3.82. The molecular weight excluding hydrogens is 462 g/mol. The largest absolute Gasteiger partial charge is 0.456 e. The zero-order chi connectivity index (χ0) is 24.2. The molecule has 0 spiro atoms. The van der Waals surface area contributed by atoms with Crippen LogP contribution in [-0.2, 0) is 5.41 Å². The Hall–Kier alpha value is -4.01. The molecule has 0 radical (unpaired) electrons. The lowest BCUT2D eigenvalue weighted by Gasteiger charge is -2.21. The molecule has 0 unspecified atom stereocenters. The van der Waals surface area contributed by atoms with E-state index in [-0.39, 0.29) is 5.41 Å². The highest BCUT2D eigenvalue weighted by Crippen LogP contribution is 2.51. The van der Waals surface area contributed by atoms with Crippen molar-refractivity contribution in [3.63, 3.8) is 0 Å². The Morgan fingerprint density at radius 2 is 1.39 bits per heavy atom. The Bertz CT molecular complexity index is 2040. The van der Waals surface area contributed by atoms with Crippen LogP contribution in [0.4, 0.5) is 0 Å². The van der Waals surface area contributed by atoms with Crippen LogP contribution < -0.4 is 0 Å². The van der Waals surface area contributed by atoms with E-state index in [0.29, 0.717) is 5.02 Å². The molecule has 5 aromatic carbocycles. The van der Waals surface area contributed by atoms with E-state index < -0.39 is 0 Å². The number of hydrogen-bond acceptors (Lipinski definition) is 1. The fraction of sp³-hybridized carbons (Fsp3) is 0.0909. The first-order chi connectivity index (χ1) is 17.5. The molecule has 2 nitrogen and oxygen atoms in total. The first kappa shape index (κ1) is 20.2. The number of nitrogens with zero attached hydrogens (tertiary/aromatic N) is 1. The van der Waals surface area contributed by atoms with E-state index in [0.717, 1.165) is 33.1 Å². The van der Waals surface area contributed by atoms with Gasteiger partial charge in [0, 0.05) is 33.0 Å². The summed E-state index contributed by atoms with van der Waals surface area (Å²) in [6.07, 6.45) is 0. The van der Waals surface area contributed by atoms with Crippen molar-refractivity contribution in [2.24, 2.45) is 0 Å². The van der Waals surface area contributed by atoms with Gasteiger partial charge in [0.05, 0.1) is 21.7 Å². The van der Waals surface area contributed by atoms with Crippen molar-refractivity contribution >= 4 is 55.3 Å². The molecule has 0 aliphatic heterocycles. The minimum atomic E-state index is -0.0677. The van der Waals surface area contributed by atoms with E-state index in [1.165, 1.54) is 38.5 Å². The van der Waals surface area contributed by atoms with Crippen LogP contribution in [0.2, 0.25) is 5.02 Å². The minimum Gasteiger partial charge on any atom is -0.456 e. The predicted octanol–water partition coefficient (Wildman–Crippen LogP) is 9.64. The molecule has 0 atom stereocenters. The number of para-hydroxylation sites is 2. The average molecular weight is 484 g/mol. The SMILES string of the molecule is CC1(C)c2ccccc2-c2cc3c4ccccc4n(-c4cc(Cl)c5c(c4)oc4ccccc45)c3cc21. The smallest absolute Gasteiger partial charge is 0.139 e. The summed E-state index contributed by atoms with van der Waals surface area (Å²) in [5.41, 5.74) is 10.3. The first-order valence-corrected chi connectivity index (χ1v) is 12.7. The van der Waals surface area contributed by atoms with Gasteiger partial charge in [-0.3, -0.25) is 0 Å². The standard InChI is InChI=1S/C33H22ClNO/c1-33(2)25-12-6-3-9-20(25)23-17-24-21-10-4-7-13-28(21)35(29(24)18-26(23)33)19-15-27(34)32-22-11-5-8-14-30(22)36-31(32)16-19/h3-18H,1-2H3. The third kappa shape index (κ3) is 2.47. The van der Waals surface area contributed by atoms with E-state index in [9.17, 15) is 0 Å². The summed E-state index contributed by atoms with van der Waals surface area (Å²) in [7, 11) is 0. The molecule has 0 bridgehead atoms. The van der Waals surface area contributed by atoms with Gasteiger partial charge in [0.15, 0.2) is 0 Å². The number of furan rings is 1. The topological polar surface area (TPSA) is 18.1 Å². The highest BCUT2D eigenvalue weighted by atomic mass is 35.5. The number of hydrogen-bond donors (Lipinski definition) is 0. The number of benzene rings is 5. The van der Waals surface area contributed by atoms with Gasteiger partial charge in [-0.15, -0.1) is 0 Å². The van der Waals surface area contributed by atoms with Gasteiger partial charge in [-0.05, 0) is 52.6 Å². The van der Waals surface area contributed by atoms with E-state index in [1.54, 1.807) is 0 Å². The van der Waals surface area contributed by atoms with E-state index >= 15 is 0 Å². The predicted molar refractivity (Wildman–Crippen MR) is 151 cm³/mol. The normalized spacial score (nSPS) is 14.2. The minimum absolute atomic E-state index is 0.0677. The van der Waals surface area contributed by atoms with Crippen molar-refractivity contribution in [1.82, 2.24) is 4.57 Å². The van der Waals surface area contributed by atoms with Crippen LogP contribution in [0.1, 0.15) is 25.0 Å². The fourth-order valence-corrected chi connectivity index (χ4v) is 6.67. The first-order valence-electron chi connectivity index (χ1n) is 12.3. The van der Waals surface area contributed by atoms with E-state index in [4.69, 9.17) is 16.0 Å². The lowest BCUT2D eigenvalue weighted by molar-refractivity contribution is 0.661. The Labute approximate surface area is 213 Å². The van der Waals surface area contributed by atoms with Crippen LogP contribution in [0.25, 0.3) is 60.6 Å². The van der Waals surface area contributed by atoms with Crippen LogP contribution in [-0.4, -0.2) is 4.57 Å². The molecule has 0 fully saturated rings. The summed E-state index contributed by atoms with van der Waals surface area (Å²) >= 11 is 6.93. The lowest BCUT2D eigenvalue weighted by Crippen LogP contribution is -2.14. The van der Waals surface area contributed by atoms with E-state index in [2.05, 4.69) is 97.3 Å². The van der Waals surface area contributed by atoms with Crippen molar-refractivity contribution in [2.45, 2.75) is 19.3 Å². The molecule has 0 amide bonds. The molecule has 172 valence electrons. The number of halogens is 1. The third-order valence-electron chi connectivity index (χ3n) is 8.05. The van der Waals surface area contributed by atoms with Crippen molar-refractivity contribution in [1.29, 1.82) is 0 Å². The quantitative estimate of drug-likeness (QED) is 0.227. The third-order valence-corrected chi connectivity index (χ3v) is 8.35. The molecule has 0 N–H and O–H groups in total. The summed E-state index contributed by atoms with van der Waals surface area (Å²) < 4.78 is 8.58. The summed E-state index contributed by atoms with van der Waals surface area (Å²) in [5, 5.41) is 5.20. The zero-order valence-corrected chi connectivity index (χ0v) is 20.7. The van der Waals surface area contributed by atoms with Crippen LogP contribution in [0.15, 0.2) is 101 Å². The molecule has 7 aromatic rings. The molecule has 2 aromatic heterocycles. The second-order valence-electron chi connectivity index (χ2n) is 10.3. The lowest BCUT2D eigenvalue weighted by atomic mass is 9.82. The van der Waals surface area contributed by atoms with Gasteiger partial charge >= 0.3 is 0 Å². The number of rotatable bonds is 1. The van der Waals surface area contributed by atoms with Gasteiger partial charge in [-0.1, -0.05) is 86.1 Å². The second-order valence-corrected chi connectivity index (χ2v) is 10.7. The molecular formula is C33H22ClNO. The fourth-order valence-electron chi connectivity index (χ4n) is 6.36. The maximum atomic E-state index is 6.93. The van der Waals surface area contributed by atoms with Gasteiger partial charge in [0.25, 0.3) is 0 Å². The summed E-state index contributed by atoms with van der Waals surface area (Å²) in [6, 6.07) is 34.5. The number of aromatic nitrogens is 1. The molecule has 3 heteroatoms. The van der Waals surface area contributed by atoms with Crippen LogP contribution in [0, 0.1) is 0 Å². The second kappa shape index (κ2) is 6.81. The summed E-state index contributed by atoms with van der Waals surface area (Å²) in [5.74, 6) is 0. The molecule has 8 rings (SSSR count). The Morgan fingerprint density at radius 3 is 2.28 bits per heavy atom. The van der Waals surface area contributed by atoms with Gasteiger partial charge < -0.3 is 8.98 Å². The van der Waals surface area contributed by atoms with Gasteiger partial charge in [0.2, 0.25) is 0 Å². The van der Waals surface area contributed by atoms with Gasteiger partial charge in [-0.2, -0.15) is 0 Å². The van der Waals surface area contributed by atoms with Crippen molar-refractivity contribution in [3.8, 4) is 16.8 Å². The van der Waals surface area contributed by atoms with Crippen LogP contribution >= 0.6 is 11.6 Å². The van der Waals surface area contributed by atoms with Crippen molar-refractivity contribution in [2.75, 3.05) is 0 Å². The van der Waals surface area contributed by atoms with Crippen LogP contribution in [0.3, 0.4) is 0 Å². The van der Waals surface area contributed by atoms with E-state index in [1.807, 2.05) is 18.2 Å². The maximum absolute atomic E-state index is 6.93.